The van der Waals surface area contributed by atoms with Crippen molar-refractivity contribution in [2.45, 2.75) is 31.8 Å². The van der Waals surface area contributed by atoms with Crippen molar-refractivity contribution in [2.75, 3.05) is 6.61 Å². The van der Waals surface area contributed by atoms with Crippen molar-refractivity contribution in [1.82, 2.24) is 0 Å². The molecule has 0 aliphatic carbocycles. The molecule has 1 atom stereocenters. The zero-order valence-electron chi connectivity index (χ0n) is 10.8. The molecule has 0 bridgehead atoms. The largest absolute Gasteiger partial charge is 0.479 e. The summed E-state index contributed by atoms with van der Waals surface area (Å²) in [5.41, 5.74) is 0.567. The lowest BCUT2D eigenvalue weighted by Gasteiger charge is -2.15. The Bertz CT molecular complexity index is 567. The Labute approximate surface area is 116 Å². The summed E-state index contributed by atoms with van der Waals surface area (Å²) in [5.74, 6) is -0.0689. The van der Waals surface area contributed by atoms with Gasteiger partial charge in [0.25, 0.3) is 9.05 Å². The van der Waals surface area contributed by atoms with Crippen molar-refractivity contribution in [1.29, 1.82) is 0 Å². The monoisotopic (exact) mass is 306 g/mol. The van der Waals surface area contributed by atoms with Gasteiger partial charge in [0.05, 0.1) is 11.5 Å². The number of carbonyl (C=O) groups is 1. The molecule has 0 saturated heterocycles. The van der Waals surface area contributed by atoms with Crippen LogP contribution in [0.4, 0.5) is 0 Å². The van der Waals surface area contributed by atoms with Gasteiger partial charge in [-0.15, -0.1) is 0 Å². The topological polar surface area (TPSA) is 69.7 Å². The summed E-state index contributed by atoms with van der Waals surface area (Å²) in [4.78, 5) is 11.4. The van der Waals surface area contributed by atoms with Crippen molar-refractivity contribution in [3.05, 3.63) is 23.8 Å². The number of hydrogen-bond acceptors (Lipinski definition) is 5. The van der Waals surface area contributed by atoms with Crippen molar-refractivity contribution >= 4 is 25.7 Å². The van der Waals surface area contributed by atoms with Gasteiger partial charge in [0.2, 0.25) is 0 Å². The van der Waals surface area contributed by atoms with Crippen LogP contribution >= 0.6 is 10.7 Å². The van der Waals surface area contributed by atoms with Gasteiger partial charge in [-0.3, -0.25) is 0 Å². The lowest BCUT2D eigenvalue weighted by molar-refractivity contribution is -0.150. The first-order valence-corrected chi connectivity index (χ1v) is 7.95. The maximum Gasteiger partial charge on any atom is 0.347 e. The molecule has 1 aromatic carbocycles. The fourth-order valence-corrected chi connectivity index (χ4v) is 2.24. The molecule has 7 heteroatoms. The van der Waals surface area contributed by atoms with Crippen LogP contribution < -0.4 is 4.74 Å². The highest BCUT2D eigenvalue weighted by Gasteiger charge is 2.18. The number of esters is 1. The van der Waals surface area contributed by atoms with Crippen molar-refractivity contribution in [3.63, 3.8) is 0 Å². The van der Waals surface area contributed by atoms with Gasteiger partial charge in [0.15, 0.2) is 6.10 Å². The van der Waals surface area contributed by atoms with Gasteiger partial charge in [-0.2, -0.15) is 0 Å². The van der Waals surface area contributed by atoms with Gasteiger partial charge in [-0.05, 0) is 44.5 Å². The SMILES string of the molecule is CCOC(=O)C(C)Oc1ccc(S(=O)(=O)Cl)cc1C. The average molecular weight is 307 g/mol. The Hall–Kier alpha value is -1.27. The number of carbonyl (C=O) groups excluding carboxylic acids is 1. The van der Waals surface area contributed by atoms with Crippen LogP contribution in [0.5, 0.6) is 5.75 Å². The maximum absolute atomic E-state index is 11.4. The van der Waals surface area contributed by atoms with E-state index in [1.54, 1.807) is 20.8 Å². The molecule has 0 N–H and O–H groups in total. The Kier molecular flexibility index (Phi) is 5.20. The molecule has 0 saturated carbocycles. The van der Waals surface area contributed by atoms with Crippen LogP contribution in [-0.4, -0.2) is 27.1 Å². The summed E-state index contributed by atoms with van der Waals surface area (Å²) in [6.07, 6.45) is -0.767. The molecule has 1 rings (SSSR count). The summed E-state index contributed by atoms with van der Waals surface area (Å²) in [6.45, 7) is 5.20. The van der Waals surface area contributed by atoms with E-state index in [2.05, 4.69) is 0 Å². The molecule has 0 fully saturated rings. The van der Waals surface area contributed by atoms with E-state index < -0.39 is 21.1 Å². The zero-order chi connectivity index (χ0) is 14.6. The van der Waals surface area contributed by atoms with Crippen LogP contribution in [0.3, 0.4) is 0 Å². The standard InChI is InChI=1S/C12H15ClO5S/c1-4-17-12(14)9(3)18-11-6-5-10(7-8(11)2)19(13,15)16/h5-7,9H,4H2,1-3H3. The minimum atomic E-state index is -3.77. The highest BCUT2D eigenvalue weighted by Crippen LogP contribution is 2.24. The van der Waals surface area contributed by atoms with Crippen LogP contribution in [0.1, 0.15) is 19.4 Å². The Balaban J connectivity index is 2.89. The molecule has 0 aliphatic heterocycles. The molecule has 0 amide bonds. The number of aryl methyl sites for hydroxylation is 1. The average Bonchev–Trinajstić information content (AvgIpc) is 2.30. The Morgan fingerprint density at radius 3 is 2.53 bits per heavy atom. The number of rotatable bonds is 5. The van der Waals surface area contributed by atoms with Gasteiger partial charge < -0.3 is 9.47 Å². The van der Waals surface area contributed by atoms with Gasteiger partial charge in [0, 0.05) is 10.7 Å². The minimum absolute atomic E-state index is 0.0113. The third kappa shape index (κ3) is 4.40. The molecule has 0 heterocycles. The summed E-state index contributed by atoms with van der Waals surface area (Å²) in [7, 11) is 1.47. The highest BCUT2D eigenvalue weighted by molar-refractivity contribution is 8.13. The number of benzene rings is 1. The number of hydrogen-bond donors (Lipinski definition) is 0. The molecular formula is C12H15ClO5S. The van der Waals surface area contributed by atoms with Crippen LogP contribution in [0, 0.1) is 6.92 Å². The first kappa shape index (κ1) is 15.8. The van der Waals surface area contributed by atoms with Crippen molar-refractivity contribution in [3.8, 4) is 5.75 Å². The Morgan fingerprint density at radius 2 is 2.05 bits per heavy atom. The van der Waals surface area contributed by atoms with Gasteiger partial charge in [-0.25, -0.2) is 13.2 Å². The quantitative estimate of drug-likeness (QED) is 0.616. The van der Waals surface area contributed by atoms with Crippen molar-refractivity contribution in [2.24, 2.45) is 0 Å². The van der Waals surface area contributed by atoms with Crippen molar-refractivity contribution < 1.29 is 22.7 Å². The molecule has 106 valence electrons. The summed E-state index contributed by atoms with van der Waals surface area (Å²) < 4.78 is 32.6. The lowest BCUT2D eigenvalue weighted by atomic mass is 10.2. The fraction of sp³-hybridized carbons (Fsp3) is 0.417. The molecule has 5 nitrogen and oxygen atoms in total. The molecule has 0 aromatic heterocycles. The predicted octanol–water partition coefficient (Wildman–Crippen LogP) is 2.25. The van der Waals surface area contributed by atoms with E-state index in [0.29, 0.717) is 11.3 Å². The third-order valence-electron chi connectivity index (χ3n) is 2.35. The first-order valence-electron chi connectivity index (χ1n) is 5.64. The molecule has 0 radical (unpaired) electrons. The van der Waals surface area contributed by atoms with E-state index in [1.807, 2.05) is 0 Å². The molecule has 19 heavy (non-hydrogen) atoms. The molecule has 0 spiro atoms. The normalized spacial score (nSPS) is 12.8. The van der Waals surface area contributed by atoms with Crippen LogP contribution in [-0.2, 0) is 18.6 Å². The van der Waals surface area contributed by atoms with E-state index >= 15 is 0 Å². The minimum Gasteiger partial charge on any atom is -0.479 e. The summed E-state index contributed by atoms with van der Waals surface area (Å²) in [5, 5.41) is 0. The second-order valence-electron chi connectivity index (χ2n) is 3.88. The lowest BCUT2D eigenvalue weighted by Crippen LogP contribution is -2.26. The van der Waals surface area contributed by atoms with E-state index in [-0.39, 0.29) is 11.5 Å². The fourth-order valence-electron chi connectivity index (χ4n) is 1.40. The van der Waals surface area contributed by atoms with E-state index in [9.17, 15) is 13.2 Å². The van der Waals surface area contributed by atoms with Crippen LogP contribution in [0.25, 0.3) is 0 Å². The number of ether oxygens (including phenoxy) is 2. The van der Waals surface area contributed by atoms with Gasteiger partial charge in [0.1, 0.15) is 5.75 Å². The molecular weight excluding hydrogens is 292 g/mol. The third-order valence-corrected chi connectivity index (χ3v) is 3.70. The van der Waals surface area contributed by atoms with Gasteiger partial charge >= 0.3 is 5.97 Å². The van der Waals surface area contributed by atoms with E-state index in [0.717, 1.165) is 0 Å². The maximum atomic E-state index is 11.4. The smallest absolute Gasteiger partial charge is 0.347 e. The van der Waals surface area contributed by atoms with E-state index in [4.69, 9.17) is 20.2 Å². The molecule has 1 aromatic rings. The Morgan fingerprint density at radius 1 is 1.42 bits per heavy atom. The second-order valence-corrected chi connectivity index (χ2v) is 6.44. The van der Waals surface area contributed by atoms with Crippen LogP contribution in [0.2, 0.25) is 0 Å². The molecule has 1 unspecified atom stereocenters. The zero-order valence-corrected chi connectivity index (χ0v) is 12.4. The van der Waals surface area contributed by atoms with E-state index in [1.165, 1.54) is 18.2 Å². The first-order chi connectivity index (χ1) is 8.75. The van der Waals surface area contributed by atoms with Crippen LogP contribution in [0.15, 0.2) is 23.1 Å². The number of halogens is 1. The highest BCUT2D eigenvalue weighted by atomic mass is 35.7. The summed E-state index contributed by atoms with van der Waals surface area (Å²) in [6, 6.07) is 4.17. The van der Waals surface area contributed by atoms with Gasteiger partial charge in [-0.1, -0.05) is 0 Å². The predicted molar refractivity (Wildman–Crippen MR) is 70.9 cm³/mol. The second kappa shape index (κ2) is 6.25. The molecule has 0 aliphatic rings. The summed E-state index contributed by atoms with van der Waals surface area (Å²) >= 11 is 0.